The number of anilines is 3. The molecule has 0 bridgehead atoms. The molecule has 1 amide bonds. The molecule has 1 aromatic heterocycles. The zero-order valence-corrected chi connectivity index (χ0v) is 15.6. The molecule has 6 N–H and O–H groups in total. The third kappa shape index (κ3) is 3.52. The van der Waals surface area contributed by atoms with Crippen LogP contribution in [0.2, 0.25) is 5.02 Å². The molecule has 144 valence electrons. The summed E-state index contributed by atoms with van der Waals surface area (Å²) >= 11 is 6.22. The van der Waals surface area contributed by atoms with E-state index < -0.39 is 0 Å². The summed E-state index contributed by atoms with van der Waals surface area (Å²) in [6, 6.07) is 3.38. The summed E-state index contributed by atoms with van der Waals surface area (Å²) < 4.78 is 5.59. The number of nitrogens with two attached hydrogens (primary N) is 2. The number of aromatic nitrogens is 2. The highest BCUT2D eigenvalue weighted by molar-refractivity contribution is 6.34. The van der Waals surface area contributed by atoms with Gasteiger partial charge in [-0.3, -0.25) is 10.6 Å². The maximum absolute atomic E-state index is 12.4. The molecule has 27 heavy (non-hydrogen) atoms. The van der Waals surface area contributed by atoms with Crippen molar-refractivity contribution >= 4 is 34.9 Å². The number of nitrogens with one attached hydrogen (secondary N) is 2. The number of carbonyl (C=O) groups is 1. The standard InChI is InChI=1S/C17H22ClN7O2/c18-10-1-2-11(19)14(22-20)13(10)15-23-24-16(27-15)21-9-12(26)25-7-5-17(3-4-17)6-8-25/h1-2,22H,3-9,19-20H2,(H,21,24). The van der Waals surface area contributed by atoms with E-state index in [2.05, 4.69) is 20.9 Å². The van der Waals surface area contributed by atoms with Crippen molar-refractivity contribution < 1.29 is 9.21 Å². The fraction of sp³-hybridized carbons (Fsp3) is 0.471. The fourth-order valence-electron chi connectivity index (χ4n) is 3.52. The molecule has 2 heterocycles. The van der Waals surface area contributed by atoms with Gasteiger partial charge in [0, 0.05) is 13.1 Å². The van der Waals surface area contributed by atoms with E-state index in [1.807, 2.05) is 4.90 Å². The predicted molar refractivity (Wildman–Crippen MR) is 103 cm³/mol. The number of rotatable bonds is 5. The van der Waals surface area contributed by atoms with Crippen molar-refractivity contribution in [1.82, 2.24) is 15.1 Å². The van der Waals surface area contributed by atoms with Crippen molar-refractivity contribution in [3.63, 3.8) is 0 Å². The van der Waals surface area contributed by atoms with Gasteiger partial charge in [-0.25, -0.2) is 0 Å². The summed E-state index contributed by atoms with van der Waals surface area (Å²) in [4.78, 5) is 14.3. The fourth-order valence-corrected chi connectivity index (χ4v) is 3.76. The zero-order chi connectivity index (χ0) is 19.0. The Labute approximate surface area is 161 Å². The third-order valence-corrected chi connectivity index (χ3v) is 5.81. The van der Waals surface area contributed by atoms with Gasteiger partial charge < -0.3 is 25.8 Å². The molecule has 4 rings (SSSR count). The van der Waals surface area contributed by atoms with Gasteiger partial charge in [-0.2, -0.15) is 0 Å². The Bertz CT molecular complexity index is 855. The molecule has 10 heteroatoms. The summed E-state index contributed by atoms with van der Waals surface area (Å²) in [5.74, 6) is 5.71. The summed E-state index contributed by atoms with van der Waals surface area (Å²) in [6.45, 7) is 1.74. The number of carbonyl (C=O) groups excluding carboxylic acids is 1. The number of nitrogens with zero attached hydrogens (tertiary/aromatic N) is 3. The second-order valence-electron chi connectivity index (χ2n) is 7.18. The number of halogens is 1. The van der Waals surface area contributed by atoms with Crippen LogP contribution in [-0.2, 0) is 4.79 Å². The van der Waals surface area contributed by atoms with E-state index in [0.29, 0.717) is 27.4 Å². The summed E-state index contributed by atoms with van der Waals surface area (Å²) in [5, 5.41) is 11.1. The van der Waals surface area contributed by atoms with Crippen molar-refractivity contribution in [2.45, 2.75) is 25.7 Å². The smallest absolute Gasteiger partial charge is 0.316 e. The summed E-state index contributed by atoms with van der Waals surface area (Å²) in [5.41, 5.74) is 10.1. The van der Waals surface area contributed by atoms with E-state index >= 15 is 0 Å². The van der Waals surface area contributed by atoms with Gasteiger partial charge in [-0.05, 0) is 43.2 Å². The van der Waals surface area contributed by atoms with Crippen LogP contribution in [0.1, 0.15) is 25.7 Å². The summed E-state index contributed by atoms with van der Waals surface area (Å²) in [7, 11) is 0. The highest BCUT2D eigenvalue weighted by Gasteiger charge is 2.44. The van der Waals surface area contributed by atoms with Gasteiger partial charge in [-0.1, -0.05) is 16.7 Å². The molecular formula is C17H22ClN7O2. The molecule has 9 nitrogen and oxygen atoms in total. The van der Waals surface area contributed by atoms with E-state index in [4.69, 9.17) is 27.6 Å². The van der Waals surface area contributed by atoms with E-state index in [1.54, 1.807) is 12.1 Å². The van der Waals surface area contributed by atoms with E-state index in [9.17, 15) is 4.79 Å². The van der Waals surface area contributed by atoms with Crippen molar-refractivity contribution in [3.05, 3.63) is 17.2 Å². The highest BCUT2D eigenvalue weighted by Crippen LogP contribution is 2.53. The topological polar surface area (TPSA) is 135 Å². The lowest BCUT2D eigenvalue weighted by atomic mass is 9.94. The Morgan fingerprint density at radius 3 is 2.67 bits per heavy atom. The molecule has 1 aromatic carbocycles. The molecule has 2 aliphatic rings. The molecular weight excluding hydrogens is 370 g/mol. The van der Waals surface area contributed by atoms with Crippen LogP contribution >= 0.6 is 11.6 Å². The SMILES string of the molecule is NNc1c(N)ccc(Cl)c1-c1nnc(NCC(=O)N2CCC3(CC2)CC3)o1. The molecule has 1 saturated heterocycles. The van der Waals surface area contributed by atoms with Crippen LogP contribution in [0, 0.1) is 5.41 Å². The minimum absolute atomic E-state index is 0.0246. The molecule has 0 atom stereocenters. The number of benzene rings is 1. The average Bonchev–Trinajstić information content (AvgIpc) is 3.26. The van der Waals surface area contributed by atoms with Gasteiger partial charge in [0.15, 0.2) is 0 Å². The average molecular weight is 392 g/mol. The molecule has 2 aromatic rings. The van der Waals surface area contributed by atoms with E-state index in [-0.39, 0.29) is 24.4 Å². The van der Waals surface area contributed by atoms with Crippen LogP contribution in [0.25, 0.3) is 11.5 Å². The van der Waals surface area contributed by atoms with Gasteiger partial charge in [0.25, 0.3) is 5.89 Å². The zero-order valence-electron chi connectivity index (χ0n) is 14.8. The first-order valence-electron chi connectivity index (χ1n) is 8.91. The molecule has 0 unspecified atom stereocenters. The summed E-state index contributed by atoms with van der Waals surface area (Å²) in [6.07, 6.45) is 4.83. The minimum atomic E-state index is 0.0246. The Morgan fingerprint density at radius 2 is 2.00 bits per heavy atom. The second kappa shape index (κ2) is 6.90. The van der Waals surface area contributed by atoms with Crippen LogP contribution in [0.15, 0.2) is 16.5 Å². The first kappa shape index (κ1) is 17.9. The van der Waals surface area contributed by atoms with Crippen molar-refractivity contribution in [2.24, 2.45) is 11.3 Å². The Hall–Kier alpha value is -2.52. The number of hydrazine groups is 1. The normalized spacial score (nSPS) is 17.8. The van der Waals surface area contributed by atoms with Crippen LogP contribution < -0.4 is 22.3 Å². The van der Waals surface area contributed by atoms with Gasteiger partial charge in [0.05, 0.1) is 28.5 Å². The maximum atomic E-state index is 12.4. The molecule has 1 aliphatic carbocycles. The quantitative estimate of drug-likeness (QED) is 0.345. The predicted octanol–water partition coefficient (Wildman–Crippen LogP) is 2.07. The number of piperidine rings is 1. The van der Waals surface area contributed by atoms with Crippen molar-refractivity contribution in [2.75, 3.05) is 36.1 Å². The molecule has 1 aliphatic heterocycles. The lowest BCUT2D eigenvalue weighted by Gasteiger charge is -2.32. The first-order chi connectivity index (χ1) is 13.0. The third-order valence-electron chi connectivity index (χ3n) is 5.49. The monoisotopic (exact) mass is 391 g/mol. The highest BCUT2D eigenvalue weighted by atomic mass is 35.5. The van der Waals surface area contributed by atoms with Crippen LogP contribution in [0.4, 0.5) is 17.4 Å². The lowest BCUT2D eigenvalue weighted by Crippen LogP contribution is -2.41. The van der Waals surface area contributed by atoms with Crippen LogP contribution in [-0.4, -0.2) is 40.6 Å². The Balaban J connectivity index is 1.40. The number of likely N-dealkylation sites (tertiary alicyclic amines) is 1. The number of amides is 1. The minimum Gasteiger partial charge on any atom is -0.403 e. The van der Waals surface area contributed by atoms with Gasteiger partial charge in [0.2, 0.25) is 5.91 Å². The molecule has 1 spiro atoms. The van der Waals surface area contributed by atoms with E-state index in [1.165, 1.54) is 12.8 Å². The van der Waals surface area contributed by atoms with E-state index in [0.717, 1.165) is 25.9 Å². The van der Waals surface area contributed by atoms with Gasteiger partial charge in [-0.15, -0.1) is 5.10 Å². The molecule has 0 radical (unpaired) electrons. The van der Waals surface area contributed by atoms with Gasteiger partial charge >= 0.3 is 6.01 Å². The second-order valence-corrected chi connectivity index (χ2v) is 7.58. The number of hydrogen-bond acceptors (Lipinski definition) is 8. The largest absolute Gasteiger partial charge is 0.403 e. The van der Waals surface area contributed by atoms with Crippen LogP contribution in [0.3, 0.4) is 0 Å². The molecule has 2 fully saturated rings. The Morgan fingerprint density at radius 1 is 1.26 bits per heavy atom. The van der Waals surface area contributed by atoms with Crippen LogP contribution in [0.5, 0.6) is 0 Å². The lowest BCUT2D eigenvalue weighted by molar-refractivity contribution is -0.130. The maximum Gasteiger partial charge on any atom is 0.316 e. The molecule has 1 saturated carbocycles. The van der Waals surface area contributed by atoms with Gasteiger partial charge in [0.1, 0.15) is 0 Å². The number of nitrogen functional groups attached to an aromatic ring is 2. The number of hydrogen-bond donors (Lipinski definition) is 4. The van der Waals surface area contributed by atoms with Crippen molar-refractivity contribution in [3.8, 4) is 11.5 Å². The Kier molecular flexibility index (Phi) is 4.56. The van der Waals surface area contributed by atoms with Crippen molar-refractivity contribution in [1.29, 1.82) is 0 Å². The first-order valence-corrected chi connectivity index (χ1v) is 9.29.